The van der Waals surface area contributed by atoms with E-state index in [1.165, 1.54) is 0 Å². The predicted octanol–water partition coefficient (Wildman–Crippen LogP) is 2.44. The van der Waals surface area contributed by atoms with Gasteiger partial charge in [-0.05, 0) is 0 Å². The molecule has 0 saturated carbocycles. The molecule has 0 aliphatic rings. The van der Waals surface area contributed by atoms with Crippen molar-refractivity contribution in [3.63, 3.8) is 0 Å². The first-order valence-electron chi connectivity index (χ1n) is 4.94. The zero-order valence-corrected chi connectivity index (χ0v) is 11.8. The van der Waals surface area contributed by atoms with Crippen molar-refractivity contribution in [3.8, 4) is 0 Å². The van der Waals surface area contributed by atoms with Crippen LogP contribution in [0.25, 0.3) is 0 Å². The first-order chi connectivity index (χ1) is 5.99. The Balaban J connectivity index is 4.44. The molecule has 0 heterocycles. The molecule has 3 heteroatoms. The van der Waals surface area contributed by atoms with Crippen LogP contribution in [0, 0.1) is 0 Å². The predicted molar refractivity (Wildman–Crippen MR) is 58.9 cm³/mol. The van der Waals surface area contributed by atoms with E-state index in [2.05, 4.69) is 21.5 Å². The van der Waals surface area contributed by atoms with Crippen LogP contribution in [0.1, 0.15) is 27.2 Å². The molecule has 0 bridgehead atoms. The third-order valence-electron chi connectivity index (χ3n) is 1.95. The number of hydrogen-bond donors (Lipinski definition) is 0. The molecule has 0 aliphatic carbocycles. The first-order valence-corrected chi connectivity index (χ1v) is 10.9. The maximum absolute atomic E-state index is 10.9. The van der Waals surface area contributed by atoms with Gasteiger partial charge in [0.15, 0.2) is 0 Å². The number of nitrogens with zero attached hydrogens (tertiary/aromatic N) is 1. The maximum atomic E-state index is 10.9. The van der Waals surface area contributed by atoms with E-state index in [9.17, 15) is 4.79 Å². The number of ketones is 1. The molecule has 0 spiro atoms. The minimum absolute atomic E-state index is 0.154. The Bertz CT molecular complexity index is 199. The van der Waals surface area contributed by atoms with Gasteiger partial charge >= 0.3 is 87.1 Å². The Kier molecular flexibility index (Phi) is 6.25. The average Bonchev–Trinajstić information content (AvgIpc) is 1.97. The second-order valence-corrected chi connectivity index (χ2v) is 9.58. The fourth-order valence-corrected chi connectivity index (χ4v) is 4.95. The number of rotatable bonds is 5. The molecule has 0 N–H and O–H groups in total. The second-order valence-electron chi connectivity index (χ2n) is 3.68. The average molecular weight is 240 g/mol. The Morgan fingerprint density at radius 3 is 2.23 bits per heavy atom. The summed E-state index contributed by atoms with van der Waals surface area (Å²) in [5.41, 5.74) is 5.82. The Labute approximate surface area is 87.3 Å². The van der Waals surface area contributed by atoms with E-state index in [4.69, 9.17) is 0 Å². The number of carbonyl (C=O) groups is 1. The minimum atomic E-state index is -1.25. The van der Waals surface area contributed by atoms with Crippen molar-refractivity contribution in [2.45, 2.75) is 38.1 Å². The van der Waals surface area contributed by atoms with E-state index in [0.29, 0.717) is 0 Å². The Morgan fingerprint density at radius 1 is 1.38 bits per heavy atom. The van der Waals surface area contributed by atoms with Gasteiger partial charge in [0.2, 0.25) is 0 Å². The van der Waals surface area contributed by atoms with Gasteiger partial charge in [-0.15, -0.1) is 0 Å². The molecule has 0 aromatic heterocycles. The topological polar surface area (TPSA) is 20.3 Å². The third-order valence-corrected chi connectivity index (χ3v) is 5.96. The summed E-state index contributed by atoms with van der Waals surface area (Å²) >= 11 is -1.25. The third kappa shape index (κ3) is 5.21. The second kappa shape index (κ2) is 6.32. The van der Waals surface area contributed by atoms with Gasteiger partial charge in [-0.3, -0.25) is 0 Å². The van der Waals surface area contributed by atoms with Crippen LogP contribution in [0.2, 0.25) is 11.0 Å². The standard InChI is InChI=1S/C8H15NO.2CH3.Ga/c1-4-5-9-7(2)6-8(3)10;;;/h6H,4-5H2,1-3H3,(H,9,10);2*1H3;/q;;;+1/p-1. The molecule has 0 rings (SSSR count). The molecule has 0 aromatic rings. The zero-order chi connectivity index (χ0) is 10.4. The van der Waals surface area contributed by atoms with Crippen LogP contribution in [0.4, 0.5) is 0 Å². The van der Waals surface area contributed by atoms with Gasteiger partial charge < -0.3 is 0 Å². The fraction of sp³-hybridized carbons (Fsp3) is 0.700. The van der Waals surface area contributed by atoms with Gasteiger partial charge in [-0.1, -0.05) is 0 Å². The van der Waals surface area contributed by atoms with Crippen LogP contribution in [-0.2, 0) is 4.79 Å². The Hall–Kier alpha value is -0.154. The molecule has 74 valence electrons. The molecule has 0 amide bonds. The van der Waals surface area contributed by atoms with Gasteiger partial charge in [-0.25, -0.2) is 0 Å². The zero-order valence-electron chi connectivity index (χ0n) is 9.42. The van der Waals surface area contributed by atoms with Crippen molar-refractivity contribution in [1.29, 1.82) is 0 Å². The number of carbonyl (C=O) groups excluding carboxylic acids is 1. The molecule has 0 saturated heterocycles. The number of allylic oxidation sites excluding steroid dienone is 2. The van der Waals surface area contributed by atoms with Crippen LogP contribution < -0.4 is 0 Å². The van der Waals surface area contributed by atoms with Gasteiger partial charge in [0.05, 0.1) is 0 Å². The van der Waals surface area contributed by atoms with Crippen LogP contribution in [-0.4, -0.2) is 32.4 Å². The molecule has 0 fully saturated rings. The normalized spacial score (nSPS) is 11.3. The van der Waals surface area contributed by atoms with Crippen molar-refractivity contribution < 1.29 is 4.79 Å². The molecule has 0 aliphatic heterocycles. The summed E-state index contributed by atoms with van der Waals surface area (Å²) in [6.45, 7) is 6.94. The Morgan fingerprint density at radius 2 is 1.92 bits per heavy atom. The SMILES string of the molecule is CCC[N](/C(C)=C\C(C)=O)[Ga]([CH3])[CH3]. The van der Waals surface area contributed by atoms with E-state index in [1.54, 1.807) is 13.0 Å². The molecule has 0 unspecified atom stereocenters. The van der Waals surface area contributed by atoms with Crippen molar-refractivity contribution in [2.24, 2.45) is 0 Å². The molecule has 0 aromatic carbocycles. The van der Waals surface area contributed by atoms with Gasteiger partial charge in [-0.2, -0.15) is 0 Å². The molecule has 0 radical (unpaired) electrons. The van der Waals surface area contributed by atoms with Crippen LogP contribution in [0.3, 0.4) is 0 Å². The number of hydrogen-bond acceptors (Lipinski definition) is 2. The van der Waals surface area contributed by atoms with Crippen molar-refractivity contribution in [3.05, 3.63) is 11.8 Å². The van der Waals surface area contributed by atoms with E-state index in [1.807, 2.05) is 6.92 Å². The molecule has 13 heavy (non-hydrogen) atoms. The van der Waals surface area contributed by atoms with Gasteiger partial charge in [0.1, 0.15) is 0 Å². The molecular weight excluding hydrogens is 220 g/mol. The summed E-state index contributed by atoms with van der Waals surface area (Å²) in [6.07, 6.45) is 2.91. The summed E-state index contributed by atoms with van der Waals surface area (Å²) < 4.78 is 2.44. The molecular formula is C10H20GaNO. The summed E-state index contributed by atoms with van der Waals surface area (Å²) in [4.78, 5) is 10.9. The summed E-state index contributed by atoms with van der Waals surface area (Å²) in [7, 11) is 0. The summed E-state index contributed by atoms with van der Waals surface area (Å²) in [5, 5.41) is 0. The summed E-state index contributed by atoms with van der Waals surface area (Å²) in [6, 6.07) is 0. The van der Waals surface area contributed by atoms with Crippen LogP contribution in [0.15, 0.2) is 11.8 Å². The monoisotopic (exact) mass is 239 g/mol. The van der Waals surface area contributed by atoms with Gasteiger partial charge in [0.25, 0.3) is 0 Å². The van der Waals surface area contributed by atoms with Gasteiger partial charge in [0, 0.05) is 0 Å². The van der Waals surface area contributed by atoms with E-state index in [-0.39, 0.29) is 5.78 Å². The molecule has 2 nitrogen and oxygen atoms in total. The molecule has 0 atom stereocenters. The van der Waals surface area contributed by atoms with Crippen molar-refractivity contribution in [1.82, 2.24) is 3.61 Å². The van der Waals surface area contributed by atoms with Crippen molar-refractivity contribution >= 4 is 22.2 Å². The van der Waals surface area contributed by atoms with Crippen LogP contribution in [0.5, 0.6) is 0 Å². The fourth-order valence-electron chi connectivity index (χ4n) is 1.46. The first kappa shape index (κ1) is 12.8. The quantitative estimate of drug-likeness (QED) is 0.543. The van der Waals surface area contributed by atoms with E-state index in [0.717, 1.165) is 18.7 Å². The van der Waals surface area contributed by atoms with Crippen molar-refractivity contribution in [2.75, 3.05) is 6.54 Å². The van der Waals surface area contributed by atoms with E-state index >= 15 is 0 Å². The van der Waals surface area contributed by atoms with Crippen LogP contribution >= 0.6 is 0 Å². The summed E-state index contributed by atoms with van der Waals surface area (Å²) in [5.74, 6) is 0.154. The van der Waals surface area contributed by atoms with E-state index < -0.39 is 16.5 Å².